The van der Waals surface area contributed by atoms with E-state index in [1.165, 1.54) is 0 Å². The van der Waals surface area contributed by atoms with Crippen LogP contribution in [0.15, 0.2) is 24.3 Å². The summed E-state index contributed by atoms with van der Waals surface area (Å²) < 4.78 is 0. The summed E-state index contributed by atoms with van der Waals surface area (Å²) >= 11 is 5.83. The maximum Gasteiger partial charge on any atom is 0.251 e. The van der Waals surface area contributed by atoms with E-state index in [0.717, 1.165) is 19.5 Å². The highest BCUT2D eigenvalue weighted by atomic mass is 35.5. The van der Waals surface area contributed by atoms with Crippen molar-refractivity contribution in [3.8, 4) is 0 Å². The van der Waals surface area contributed by atoms with Gasteiger partial charge in [0, 0.05) is 23.7 Å². The van der Waals surface area contributed by atoms with E-state index in [9.17, 15) is 9.59 Å². The molecule has 1 aromatic carbocycles. The molecule has 0 saturated carbocycles. The van der Waals surface area contributed by atoms with Crippen LogP contribution < -0.4 is 16.0 Å². The minimum absolute atomic E-state index is 0. The molecule has 0 aromatic heterocycles. The number of benzene rings is 1. The molecule has 7 heteroatoms. The number of rotatable bonds is 10. The summed E-state index contributed by atoms with van der Waals surface area (Å²) in [6, 6.07) is 6.08. The fraction of sp³-hybridized carbons (Fsp3) is 0.556. The number of nitrogens with one attached hydrogen (secondary N) is 3. The van der Waals surface area contributed by atoms with Gasteiger partial charge in [-0.05, 0) is 49.6 Å². The molecular weight excluding hydrogens is 361 g/mol. The van der Waals surface area contributed by atoms with Gasteiger partial charge in [-0.1, -0.05) is 32.4 Å². The second kappa shape index (κ2) is 13.0. The van der Waals surface area contributed by atoms with Crippen LogP contribution in [0.3, 0.4) is 0 Å². The Bertz CT molecular complexity index is 522. The fourth-order valence-corrected chi connectivity index (χ4v) is 2.37. The Morgan fingerprint density at radius 3 is 2.28 bits per heavy atom. The lowest BCUT2D eigenvalue weighted by molar-refractivity contribution is -0.123. The van der Waals surface area contributed by atoms with Gasteiger partial charge in [-0.25, -0.2) is 0 Å². The Hall–Kier alpha value is -1.30. The van der Waals surface area contributed by atoms with Gasteiger partial charge in [0.25, 0.3) is 5.91 Å². The molecule has 0 spiro atoms. The van der Waals surface area contributed by atoms with Crippen LogP contribution >= 0.6 is 24.0 Å². The molecule has 1 aromatic rings. The average molecular weight is 390 g/mol. The molecule has 1 unspecified atom stereocenters. The third kappa shape index (κ3) is 9.68. The Morgan fingerprint density at radius 2 is 1.72 bits per heavy atom. The molecule has 3 N–H and O–H groups in total. The maximum atomic E-state index is 12.4. The van der Waals surface area contributed by atoms with Gasteiger partial charge < -0.3 is 16.0 Å². The number of carbonyl (C=O) groups is 2. The van der Waals surface area contributed by atoms with E-state index in [1.807, 2.05) is 13.8 Å². The standard InChI is InChI=1S/C18H28ClN3O2.ClH/c1-4-9-20-10-11-21-18(24)16(12-13(2)3)22-17(23)14-5-7-15(19)8-6-14;/h5-8,13,16,20H,4,9-12H2,1-3H3,(H,21,24)(H,22,23);1H. The Kier molecular flexibility index (Phi) is 12.3. The van der Waals surface area contributed by atoms with Crippen LogP contribution in [-0.4, -0.2) is 37.5 Å². The highest BCUT2D eigenvalue weighted by molar-refractivity contribution is 6.30. The molecule has 5 nitrogen and oxygen atoms in total. The summed E-state index contributed by atoms with van der Waals surface area (Å²) in [6.45, 7) is 8.34. The van der Waals surface area contributed by atoms with Crippen molar-refractivity contribution in [3.05, 3.63) is 34.9 Å². The molecule has 0 radical (unpaired) electrons. The van der Waals surface area contributed by atoms with Crippen molar-refractivity contribution < 1.29 is 9.59 Å². The van der Waals surface area contributed by atoms with E-state index in [2.05, 4.69) is 22.9 Å². The molecule has 0 aliphatic carbocycles. The van der Waals surface area contributed by atoms with E-state index >= 15 is 0 Å². The van der Waals surface area contributed by atoms with Crippen LogP contribution in [0.1, 0.15) is 44.0 Å². The number of hydrogen-bond acceptors (Lipinski definition) is 3. The zero-order valence-corrected chi connectivity index (χ0v) is 16.7. The van der Waals surface area contributed by atoms with Crippen molar-refractivity contribution in [3.63, 3.8) is 0 Å². The molecular formula is C18H29Cl2N3O2. The molecule has 0 saturated heterocycles. The maximum absolute atomic E-state index is 12.4. The van der Waals surface area contributed by atoms with Crippen molar-refractivity contribution in [1.29, 1.82) is 0 Å². The second-order valence-corrected chi connectivity index (χ2v) is 6.64. The van der Waals surface area contributed by atoms with E-state index < -0.39 is 6.04 Å². The van der Waals surface area contributed by atoms with Crippen molar-refractivity contribution in [2.75, 3.05) is 19.6 Å². The van der Waals surface area contributed by atoms with Crippen LogP contribution in [0.5, 0.6) is 0 Å². The Morgan fingerprint density at radius 1 is 1.08 bits per heavy atom. The van der Waals surface area contributed by atoms with Crippen molar-refractivity contribution in [2.24, 2.45) is 5.92 Å². The molecule has 0 bridgehead atoms. The lowest BCUT2D eigenvalue weighted by Gasteiger charge is -2.20. The lowest BCUT2D eigenvalue weighted by atomic mass is 10.0. The number of carbonyl (C=O) groups excluding carboxylic acids is 2. The summed E-state index contributed by atoms with van der Waals surface area (Å²) in [6.07, 6.45) is 1.65. The molecule has 0 heterocycles. The molecule has 142 valence electrons. The molecule has 1 rings (SSSR count). The zero-order valence-electron chi connectivity index (χ0n) is 15.1. The van der Waals surface area contributed by atoms with Gasteiger partial charge in [-0.15, -0.1) is 12.4 Å². The van der Waals surface area contributed by atoms with Gasteiger partial charge in [0.2, 0.25) is 5.91 Å². The van der Waals surface area contributed by atoms with Crippen molar-refractivity contribution >= 4 is 35.8 Å². The topological polar surface area (TPSA) is 70.2 Å². The van der Waals surface area contributed by atoms with Crippen LogP contribution in [0.4, 0.5) is 0 Å². The number of hydrogen-bond donors (Lipinski definition) is 3. The van der Waals surface area contributed by atoms with Gasteiger partial charge in [0.15, 0.2) is 0 Å². The summed E-state index contributed by atoms with van der Waals surface area (Å²) in [5, 5.41) is 9.50. The normalized spacial score (nSPS) is 11.6. The first kappa shape index (κ1) is 23.7. The van der Waals surface area contributed by atoms with E-state index in [0.29, 0.717) is 29.5 Å². The lowest BCUT2D eigenvalue weighted by Crippen LogP contribution is -2.48. The SMILES string of the molecule is CCCNCCNC(=O)C(CC(C)C)NC(=O)c1ccc(Cl)cc1.Cl. The fourth-order valence-electron chi connectivity index (χ4n) is 2.24. The first-order valence-corrected chi connectivity index (χ1v) is 8.86. The van der Waals surface area contributed by atoms with Crippen LogP contribution in [-0.2, 0) is 4.79 Å². The third-order valence-corrected chi connectivity index (χ3v) is 3.72. The zero-order chi connectivity index (χ0) is 17.9. The summed E-state index contributed by atoms with van der Waals surface area (Å²) in [4.78, 5) is 24.7. The Balaban J connectivity index is 0.00000576. The predicted octanol–water partition coefficient (Wildman–Crippen LogP) is 3.02. The van der Waals surface area contributed by atoms with Gasteiger partial charge in [0.1, 0.15) is 6.04 Å². The van der Waals surface area contributed by atoms with Crippen LogP contribution in [0, 0.1) is 5.92 Å². The number of amides is 2. The molecule has 0 aliphatic heterocycles. The van der Waals surface area contributed by atoms with E-state index in [1.54, 1.807) is 24.3 Å². The smallest absolute Gasteiger partial charge is 0.251 e. The van der Waals surface area contributed by atoms with Crippen molar-refractivity contribution in [1.82, 2.24) is 16.0 Å². The quantitative estimate of drug-likeness (QED) is 0.538. The summed E-state index contributed by atoms with van der Waals surface area (Å²) in [5.41, 5.74) is 0.491. The first-order chi connectivity index (χ1) is 11.4. The van der Waals surface area contributed by atoms with Crippen LogP contribution in [0.2, 0.25) is 5.02 Å². The molecule has 0 fully saturated rings. The summed E-state index contributed by atoms with van der Waals surface area (Å²) in [7, 11) is 0. The van der Waals surface area contributed by atoms with Gasteiger partial charge in [-0.2, -0.15) is 0 Å². The number of halogens is 2. The van der Waals surface area contributed by atoms with Gasteiger partial charge in [-0.3, -0.25) is 9.59 Å². The molecule has 2 amide bonds. The predicted molar refractivity (Wildman–Crippen MR) is 106 cm³/mol. The monoisotopic (exact) mass is 389 g/mol. The molecule has 0 aliphatic rings. The van der Waals surface area contributed by atoms with Gasteiger partial charge in [0.05, 0.1) is 0 Å². The van der Waals surface area contributed by atoms with Crippen molar-refractivity contribution in [2.45, 2.75) is 39.7 Å². The summed E-state index contributed by atoms with van der Waals surface area (Å²) in [5.74, 6) is -0.120. The first-order valence-electron chi connectivity index (χ1n) is 8.48. The molecule has 25 heavy (non-hydrogen) atoms. The van der Waals surface area contributed by atoms with Gasteiger partial charge >= 0.3 is 0 Å². The minimum Gasteiger partial charge on any atom is -0.353 e. The minimum atomic E-state index is -0.542. The van der Waals surface area contributed by atoms with Crippen LogP contribution in [0.25, 0.3) is 0 Å². The highest BCUT2D eigenvalue weighted by Crippen LogP contribution is 2.11. The second-order valence-electron chi connectivity index (χ2n) is 6.20. The Labute approximate surface area is 161 Å². The molecule has 1 atom stereocenters. The third-order valence-electron chi connectivity index (χ3n) is 3.46. The largest absolute Gasteiger partial charge is 0.353 e. The average Bonchev–Trinajstić information content (AvgIpc) is 2.54. The van der Waals surface area contributed by atoms with E-state index in [-0.39, 0.29) is 24.2 Å². The highest BCUT2D eigenvalue weighted by Gasteiger charge is 2.22. The van der Waals surface area contributed by atoms with E-state index in [4.69, 9.17) is 11.6 Å².